The molecular formula is C20H14ClN5O4S2. The van der Waals surface area contributed by atoms with E-state index in [0.717, 1.165) is 12.0 Å². The maximum atomic E-state index is 13.2. The van der Waals surface area contributed by atoms with E-state index in [1.54, 1.807) is 0 Å². The summed E-state index contributed by atoms with van der Waals surface area (Å²) in [6.45, 7) is 0. The highest BCUT2D eigenvalue weighted by molar-refractivity contribution is 7.99. The van der Waals surface area contributed by atoms with Crippen molar-refractivity contribution in [2.75, 3.05) is 0 Å². The molecule has 2 aromatic carbocycles. The second kappa shape index (κ2) is 9.47. The first-order valence-electron chi connectivity index (χ1n) is 9.04. The first-order valence-corrected chi connectivity index (χ1v) is 11.9. The first kappa shape index (κ1) is 21.9. The smallest absolute Gasteiger partial charge is 0.285 e. The highest BCUT2D eigenvalue weighted by Gasteiger charge is 2.26. The predicted octanol–water partition coefficient (Wildman–Crippen LogP) is 3.59. The molecule has 162 valence electrons. The van der Waals surface area contributed by atoms with Crippen LogP contribution in [0.5, 0.6) is 0 Å². The lowest BCUT2D eigenvalue weighted by Crippen LogP contribution is -2.31. The Kier molecular flexibility index (Phi) is 6.49. The van der Waals surface area contributed by atoms with E-state index in [1.165, 1.54) is 42.5 Å². The van der Waals surface area contributed by atoms with Crippen LogP contribution in [0.4, 0.5) is 0 Å². The molecule has 0 aliphatic heterocycles. The number of carbonyl (C=O) groups is 1. The van der Waals surface area contributed by atoms with Crippen LogP contribution in [0.3, 0.4) is 0 Å². The van der Waals surface area contributed by atoms with Crippen molar-refractivity contribution in [3.63, 3.8) is 0 Å². The van der Waals surface area contributed by atoms with E-state index >= 15 is 0 Å². The Balaban J connectivity index is 1.73. The van der Waals surface area contributed by atoms with Gasteiger partial charge in [0.25, 0.3) is 15.9 Å². The van der Waals surface area contributed by atoms with E-state index in [2.05, 4.69) is 20.2 Å². The molecule has 1 N–H and O–H groups in total. The molecule has 0 aliphatic rings. The largest absolute Gasteiger partial charge is 0.423 e. The second-order valence-electron chi connectivity index (χ2n) is 6.32. The number of hydrogen-bond donors (Lipinski definition) is 1. The normalized spacial score (nSPS) is 11.3. The average Bonchev–Trinajstić information content (AvgIpc) is 3.33. The number of carbonyl (C=O) groups excluding carboxylic acids is 1. The second-order valence-corrected chi connectivity index (χ2v) is 9.40. The zero-order valence-electron chi connectivity index (χ0n) is 16.2. The molecular weight excluding hydrogens is 474 g/mol. The van der Waals surface area contributed by atoms with Crippen LogP contribution in [0.2, 0.25) is 5.02 Å². The number of hydrogen-bond acceptors (Lipinski definition) is 9. The summed E-state index contributed by atoms with van der Waals surface area (Å²) < 4.78 is 33.6. The Hall–Kier alpha value is -3.28. The summed E-state index contributed by atoms with van der Waals surface area (Å²) in [6, 6.07) is 12.3. The Bertz CT molecular complexity index is 1340. The zero-order chi connectivity index (χ0) is 22.6. The third-order valence-corrected chi connectivity index (χ3v) is 7.11. The lowest BCUT2D eigenvalue weighted by atomic mass is 10.2. The molecule has 4 rings (SSSR count). The Morgan fingerprint density at radius 3 is 2.66 bits per heavy atom. The van der Waals surface area contributed by atoms with Crippen LogP contribution in [0.15, 0.2) is 81.7 Å². The molecule has 1 amide bonds. The SMILES string of the molecule is O=C(NS(=O)(=O)c1cc(-c2nnco2)c(Cl)cc1SCc1ccccc1)c1cnccn1. The van der Waals surface area contributed by atoms with Gasteiger partial charge in [-0.15, -0.1) is 22.0 Å². The Labute approximate surface area is 192 Å². The van der Waals surface area contributed by atoms with Crippen LogP contribution >= 0.6 is 23.4 Å². The molecule has 0 radical (unpaired) electrons. The van der Waals surface area contributed by atoms with Crippen LogP contribution in [-0.4, -0.2) is 34.5 Å². The minimum absolute atomic E-state index is 0.0475. The number of aromatic nitrogens is 4. The van der Waals surface area contributed by atoms with Gasteiger partial charge < -0.3 is 4.42 Å². The van der Waals surface area contributed by atoms with Gasteiger partial charge in [0.05, 0.1) is 16.8 Å². The number of amides is 1. The third kappa shape index (κ3) is 4.96. The van der Waals surface area contributed by atoms with Crippen molar-refractivity contribution in [2.24, 2.45) is 0 Å². The van der Waals surface area contributed by atoms with E-state index in [0.29, 0.717) is 10.6 Å². The molecule has 4 aromatic rings. The van der Waals surface area contributed by atoms with Crippen molar-refractivity contribution < 1.29 is 17.6 Å². The van der Waals surface area contributed by atoms with Gasteiger partial charge >= 0.3 is 0 Å². The molecule has 0 atom stereocenters. The summed E-state index contributed by atoms with van der Waals surface area (Å²) >= 11 is 7.65. The third-order valence-electron chi connectivity index (χ3n) is 4.17. The molecule has 9 nitrogen and oxygen atoms in total. The topological polar surface area (TPSA) is 128 Å². The number of thioether (sulfide) groups is 1. The molecule has 12 heteroatoms. The Morgan fingerprint density at radius 2 is 1.97 bits per heavy atom. The maximum absolute atomic E-state index is 13.2. The van der Waals surface area contributed by atoms with Crippen LogP contribution in [0.25, 0.3) is 11.5 Å². The van der Waals surface area contributed by atoms with Crippen molar-refractivity contribution in [3.8, 4) is 11.5 Å². The van der Waals surface area contributed by atoms with Gasteiger partial charge in [-0.2, -0.15) is 0 Å². The molecule has 0 aliphatic carbocycles. The van der Waals surface area contributed by atoms with E-state index in [9.17, 15) is 13.2 Å². The molecule has 0 bridgehead atoms. The fraction of sp³-hybridized carbons (Fsp3) is 0.0500. The van der Waals surface area contributed by atoms with Gasteiger partial charge in [-0.3, -0.25) is 9.78 Å². The molecule has 2 heterocycles. The highest BCUT2D eigenvalue weighted by atomic mass is 35.5. The molecule has 0 spiro atoms. The van der Waals surface area contributed by atoms with Crippen molar-refractivity contribution in [1.82, 2.24) is 24.9 Å². The molecule has 0 saturated heterocycles. The minimum atomic E-state index is -4.31. The van der Waals surface area contributed by atoms with Crippen LogP contribution in [-0.2, 0) is 15.8 Å². The summed E-state index contributed by atoms with van der Waals surface area (Å²) in [5.41, 5.74) is 1.07. The van der Waals surface area contributed by atoms with Crippen molar-refractivity contribution in [2.45, 2.75) is 15.5 Å². The van der Waals surface area contributed by atoms with Crippen LogP contribution in [0.1, 0.15) is 16.1 Å². The molecule has 0 unspecified atom stereocenters. The first-order chi connectivity index (χ1) is 15.4. The summed E-state index contributed by atoms with van der Waals surface area (Å²) in [6.07, 6.45) is 4.94. The number of nitrogens with one attached hydrogen (secondary N) is 1. The van der Waals surface area contributed by atoms with E-state index in [-0.39, 0.29) is 27.1 Å². The molecule has 2 aromatic heterocycles. The van der Waals surface area contributed by atoms with Gasteiger partial charge in [0.2, 0.25) is 12.3 Å². The van der Waals surface area contributed by atoms with Gasteiger partial charge in [-0.05, 0) is 17.7 Å². The van der Waals surface area contributed by atoms with Gasteiger partial charge in [0.15, 0.2) is 0 Å². The van der Waals surface area contributed by atoms with Crippen molar-refractivity contribution in [3.05, 3.63) is 83.7 Å². The minimum Gasteiger partial charge on any atom is -0.423 e. The van der Waals surface area contributed by atoms with Gasteiger partial charge in [-0.1, -0.05) is 41.9 Å². The summed E-state index contributed by atoms with van der Waals surface area (Å²) in [5.74, 6) is -0.379. The van der Waals surface area contributed by atoms with Crippen LogP contribution < -0.4 is 4.72 Å². The highest BCUT2D eigenvalue weighted by Crippen LogP contribution is 2.37. The van der Waals surface area contributed by atoms with Gasteiger partial charge in [0, 0.05) is 23.0 Å². The quantitative estimate of drug-likeness (QED) is 0.389. The number of benzene rings is 2. The summed E-state index contributed by atoms with van der Waals surface area (Å²) in [4.78, 5) is 20.2. The average molecular weight is 488 g/mol. The maximum Gasteiger partial charge on any atom is 0.285 e. The zero-order valence-corrected chi connectivity index (χ0v) is 18.6. The fourth-order valence-electron chi connectivity index (χ4n) is 2.69. The fourth-order valence-corrected chi connectivity index (χ4v) is 5.48. The van der Waals surface area contributed by atoms with Gasteiger partial charge in [-0.25, -0.2) is 18.1 Å². The Morgan fingerprint density at radius 1 is 1.16 bits per heavy atom. The lowest BCUT2D eigenvalue weighted by Gasteiger charge is -2.13. The summed E-state index contributed by atoms with van der Waals surface area (Å²) in [5, 5.41) is 7.62. The number of halogens is 1. The lowest BCUT2D eigenvalue weighted by molar-refractivity contribution is 0.0976. The van der Waals surface area contributed by atoms with E-state index < -0.39 is 15.9 Å². The standard InChI is InChI=1S/C20H14ClN5O4S2/c21-15-9-17(31-11-13-4-2-1-3-5-13)18(8-14(15)20-25-24-12-30-20)32(28,29)26-19(27)16-10-22-6-7-23-16/h1-10,12H,11H2,(H,26,27). The number of rotatable bonds is 7. The molecule has 32 heavy (non-hydrogen) atoms. The monoisotopic (exact) mass is 487 g/mol. The predicted molar refractivity (Wildman–Crippen MR) is 117 cm³/mol. The van der Waals surface area contributed by atoms with E-state index in [4.69, 9.17) is 16.0 Å². The number of sulfonamides is 1. The number of nitrogens with zero attached hydrogens (tertiary/aromatic N) is 4. The molecule has 0 fully saturated rings. The van der Waals surface area contributed by atoms with Crippen molar-refractivity contribution in [1.29, 1.82) is 0 Å². The van der Waals surface area contributed by atoms with Gasteiger partial charge in [0.1, 0.15) is 10.6 Å². The summed E-state index contributed by atoms with van der Waals surface area (Å²) in [7, 11) is -4.31. The molecule has 0 saturated carbocycles. The van der Waals surface area contributed by atoms with Crippen LogP contribution in [0, 0.1) is 0 Å². The van der Waals surface area contributed by atoms with E-state index in [1.807, 2.05) is 35.1 Å². The van der Waals surface area contributed by atoms with Crippen molar-refractivity contribution >= 4 is 39.3 Å².